The number of unbranched alkanes of at least 4 members (excludes halogenated alkanes) is 1. The number of amides is 4. The van der Waals surface area contributed by atoms with Crippen molar-refractivity contribution in [3.63, 3.8) is 0 Å². The third kappa shape index (κ3) is 15.7. The van der Waals surface area contributed by atoms with Gasteiger partial charge < -0.3 is 21.3 Å². The molecule has 0 radical (unpaired) electrons. The molecule has 17 heteroatoms. The van der Waals surface area contributed by atoms with Gasteiger partial charge in [0.05, 0.1) is 11.4 Å². The second-order valence-corrected chi connectivity index (χ2v) is 14.5. The maximum absolute atomic E-state index is 12.6. The highest BCUT2D eigenvalue weighted by molar-refractivity contribution is 8.76. The lowest BCUT2D eigenvalue weighted by Gasteiger charge is -2.17. The van der Waals surface area contributed by atoms with Crippen LogP contribution in [-0.4, -0.2) is 82.2 Å². The van der Waals surface area contributed by atoms with Crippen LogP contribution in [0.25, 0.3) is 11.4 Å². The molecule has 0 aliphatic rings. The van der Waals surface area contributed by atoms with Crippen LogP contribution in [0.3, 0.4) is 0 Å². The highest BCUT2D eigenvalue weighted by Crippen LogP contribution is 2.28. The quantitative estimate of drug-likeness (QED) is 0.0649. The summed E-state index contributed by atoms with van der Waals surface area (Å²) < 4.78 is 32.3. The molecule has 3 aromatic heterocycles. The predicted octanol–water partition coefficient (Wildman–Crippen LogP) is 3.17. The Kier molecular flexibility index (Phi) is 16.3. The molecule has 0 spiro atoms. The summed E-state index contributed by atoms with van der Waals surface area (Å²) in [5.41, 5.74) is 2.77. The predicted molar refractivity (Wildman–Crippen MR) is 185 cm³/mol. The van der Waals surface area contributed by atoms with Crippen molar-refractivity contribution < 1.29 is 32.1 Å². The zero-order chi connectivity index (χ0) is 34.8. The SMILES string of the molecule is Cc1ccnc(-c2cc(NC(=O)CCCC(=O)NC(CS(=O)(=O)O)C(=O)NCCCCC(=O)NCCSSc3ccccn3)ccn2)c1. The number of anilines is 1. The van der Waals surface area contributed by atoms with E-state index < -0.39 is 33.7 Å². The van der Waals surface area contributed by atoms with E-state index in [1.165, 1.54) is 10.8 Å². The van der Waals surface area contributed by atoms with Gasteiger partial charge in [-0.1, -0.05) is 16.9 Å². The zero-order valence-corrected chi connectivity index (χ0v) is 28.8. The summed E-state index contributed by atoms with van der Waals surface area (Å²) >= 11 is 0. The first-order valence-corrected chi connectivity index (χ1v) is 19.1. The average molecular weight is 718 g/mol. The standard InChI is InChI=1S/C31H39N7O7S3/c1-22-11-15-32-24(19-22)25-20-23(12-16-33-25)37-28(40)8-6-9-29(41)38-26(21-48(43,44)45)31(42)36-14-4-2-7-27(39)34-17-18-46-47-30-10-3-5-13-35-30/h3,5,10-13,15-16,19-20,26H,2,4,6-9,14,17-18,21H2,1H3,(H,34,39)(H,36,42)(H,38,41)(H,33,37,40)(H,43,44,45). The van der Waals surface area contributed by atoms with Crippen LogP contribution in [0.1, 0.15) is 44.1 Å². The van der Waals surface area contributed by atoms with Crippen molar-refractivity contribution in [3.05, 3.63) is 66.6 Å². The first-order chi connectivity index (χ1) is 23.0. The van der Waals surface area contributed by atoms with Crippen LogP contribution < -0.4 is 21.3 Å². The number of carbonyl (C=O) groups excluding carboxylic acids is 4. The van der Waals surface area contributed by atoms with Gasteiger partial charge in [0.25, 0.3) is 10.1 Å². The zero-order valence-electron chi connectivity index (χ0n) is 26.4. The molecule has 5 N–H and O–H groups in total. The molecule has 0 aliphatic carbocycles. The fourth-order valence-electron chi connectivity index (χ4n) is 4.18. The Morgan fingerprint density at radius 3 is 2.27 bits per heavy atom. The first-order valence-electron chi connectivity index (χ1n) is 15.2. The van der Waals surface area contributed by atoms with Gasteiger partial charge in [-0.2, -0.15) is 8.42 Å². The molecule has 0 fully saturated rings. The van der Waals surface area contributed by atoms with Crippen LogP contribution in [-0.2, 0) is 29.3 Å². The van der Waals surface area contributed by atoms with Crippen molar-refractivity contribution >= 4 is 61.0 Å². The number of hydrogen-bond donors (Lipinski definition) is 5. The molecule has 258 valence electrons. The van der Waals surface area contributed by atoms with E-state index in [1.807, 2.05) is 37.3 Å². The van der Waals surface area contributed by atoms with Crippen LogP contribution in [0, 0.1) is 6.92 Å². The lowest BCUT2D eigenvalue weighted by molar-refractivity contribution is -0.128. The molecule has 3 aromatic rings. The minimum absolute atomic E-state index is 0.0144. The van der Waals surface area contributed by atoms with E-state index in [9.17, 15) is 32.1 Å². The molecule has 3 rings (SSSR count). The van der Waals surface area contributed by atoms with E-state index in [-0.39, 0.29) is 44.0 Å². The molecule has 0 bridgehead atoms. The fourth-order valence-corrected chi connectivity index (χ4v) is 6.62. The molecule has 0 saturated carbocycles. The number of hydrogen-bond acceptors (Lipinski definition) is 11. The van der Waals surface area contributed by atoms with Crippen LogP contribution in [0.15, 0.2) is 66.1 Å². The molecule has 0 saturated heterocycles. The molecule has 4 amide bonds. The number of carbonyl (C=O) groups is 4. The van der Waals surface area contributed by atoms with Gasteiger partial charge in [0, 0.05) is 62.4 Å². The Hall–Kier alpha value is -4.06. The summed E-state index contributed by atoms with van der Waals surface area (Å²) in [7, 11) is -1.49. The maximum atomic E-state index is 12.6. The van der Waals surface area contributed by atoms with E-state index in [1.54, 1.807) is 41.5 Å². The third-order valence-corrected chi connectivity index (χ3v) is 9.50. The van der Waals surface area contributed by atoms with Crippen molar-refractivity contribution in [2.75, 3.05) is 29.9 Å². The van der Waals surface area contributed by atoms with Crippen LogP contribution in [0.2, 0.25) is 0 Å². The molecular formula is C31H39N7O7S3. The van der Waals surface area contributed by atoms with E-state index in [0.29, 0.717) is 42.2 Å². The molecule has 1 unspecified atom stereocenters. The third-order valence-electron chi connectivity index (χ3n) is 6.48. The van der Waals surface area contributed by atoms with Crippen LogP contribution in [0.5, 0.6) is 0 Å². The van der Waals surface area contributed by atoms with Gasteiger partial charge in [0.1, 0.15) is 16.8 Å². The molecule has 3 heterocycles. The van der Waals surface area contributed by atoms with Crippen molar-refractivity contribution in [1.29, 1.82) is 0 Å². The Balaban J connectivity index is 1.32. The number of aryl methyl sites for hydroxylation is 1. The largest absolute Gasteiger partial charge is 0.355 e. The molecule has 1 atom stereocenters. The molecule has 14 nitrogen and oxygen atoms in total. The Morgan fingerprint density at radius 2 is 1.54 bits per heavy atom. The second kappa shape index (κ2) is 20.3. The highest BCUT2D eigenvalue weighted by Gasteiger charge is 2.26. The van der Waals surface area contributed by atoms with Gasteiger partial charge in [-0.3, -0.25) is 33.7 Å². The van der Waals surface area contributed by atoms with Crippen LogP contribution in [0.4, 0.5) is 5.69 Å². The summed E-state index contributed by atoms with van der Waals surface area (Å²) in [6.07, 6.45) is 6.05. The number of rotatable bonds is 20. The van der Waals surface area contributed by atoms with E-state index >= 15 is 0 Å². The second-order valence-electron chi connectivity index (χ2n) is 10.6. The van der Waals surface area contributed by atoms with E-state index in [2.05, 4.69) is 36.2 Å². The first kappa shape index (κ1) is 38.4. The van der Waals surface area contributed by atoms with Gasteiger partial charge in [-0.05, 0) is 78.9 Å². The normalized spacial score (nSPS) is 11.7. The number of nitrogens with zero attached hydrogens (tertiary/aromatic N) is 3. The lowest BCUT2D eigenvalue weighted by Crippen LogP contribution is -2.50. The van der Waals surface area contributed by atoms with Gasteiger partial charge in [-0.25, -0.2) is 4.98 Å². The number of pyridine rings is 3. The van der Waals surface area contributed by atoms with Gasteiger partial charge >= 0.3 is 0 Å². The van der Waals surface area contributed by atoms with Crippen LogP contribution >= 0.6 is 21.6 Å². The van der Waals surface area contributed by atoms with Crippen molar-refractivity contribution in [3.8, 4) is 11.4 Å². The summed E-state index contributed by atoms with van der Waals surface area (Å²) in [5.74, 6) is -2.23. The number of nitrogens with one attached hydrogen (secondary N) is 4. The Morgan fingerprint density at radius 1 is 0.812 bits per heavy atom. The molecule has 48 heavy (non-hydrogen) atoms. The Bertz CT molecular complexity index is 1630. The molecule has 0 aliphatic heterocycles. The van der Waals surface area contributed by atoms with Gasteiger partial charge in [-0.15, -0.1) is 0 Å². The molecular weight excluding hydrogens is 679 g/mol. The fraction of sp³-hybridized carbons (Fsp3) is 0.387. The topological polar surface area (TPSA) is 209 Å². The monoisotopic (exact) mass is 717 g/mol. The van der Waals surface area contributed by atoms with Crippen molar-refractivity contribution in [1.82, 2.24) is 30.9 Å². The van der Waals surface area contributed by atoms with E-state index in [4.69, 9.17) is 0 Å². The summed E-state index contributed by atoms with van der Waals surface area (Å²) in [4.78, 5) is 62.4. The number of aromatic nitrogens is 3. The minimum Gasteiger partial charge on any atom is -0.355 e. The minimum atomic E-state index is -4.59. The maximum Gasteiger partial charge on any atom is 0.267 e. The average Bonchev–Trinajstić information content (AvgIpc) is 3.04. The van der Waals surface area contributed by atoms with Crippen molar-refractivity contribution in [2.45, 2.75) is 56.5 Å². The molecule has 0 aromatic carbocycles. The summed E-state index contributed by atoms with van der Waals surface area (Å²) in [6.45, 7) is 2.57. The Labute approximate surface area is 287 Å². The highest BCUT2D eigenvalue weighted by atomic mass is 33.1. The lowest BCUT2D eigenvalue weighted by atomic mass is 10.2. The summed E-state index contributed by atoms with van der Waals surface area (Å²) in [5, 5.41) is 11.3. The van der Waals surface area contributed by atoms with Crippen molar-refractivity contribution in [2.24, 2.45) is 0 Å². The van der Waals surface area contributed by atoms with Gasteiger partial charge in [0.2, 0.25) is 23.6 Å². The summed E-state index contributed by atoms with van der Waals surface area (Å²) in [6, 6.07) is 11.2. The van der Waals surface area contributed by atoms with Gasteiger partial charge in [0.15, 0.2) is 0 Å². The van der Waals surface area contributed by atoms with E-state index in [0.717, 1.165) is 10.6 Å². The smallest absolute Gasteiger partial charge is 0.267 e.